The van der Waals surface area contributed by atoms with Crippen molar-refractivity contribution in [1.82, 2.24) is 5.32 Å². The van der Waals surface area contributed by atoms with E-state index in [1.54, 1.807) is 11.1 Å². The smallest absolute Gasteiger partial charge is 0.0133 e. The van der Waals surface area contributed by atoms with Crippen LogP contribution < -0.4 is 5.32 Å². The van der Waals surface area contributed by atoms with Gasteiger partial charge in [-0.05, 0) is 55.8 Å². The molecule has 2 aliphatic carbocycles. The van der Waals surface area contributed by atoms with Crippen molar-refractivity contribution >= 4 is 0 Å². The second kappa shape index (κ2) is 7.99. The van der Waals surface area contributed by atoms with Crippen LogP contribution in [0.3, 0.4) is 0 Å². The van der Waals surface area contributed by atoms with Gasteiger partial charge in [-0.15, -0.1) is 0 Å². The number of allylic oxidation sites excluding steroid dienone is 1. The number of rotatable bonds is 4. The summed E-state index contributed by atoms with van der Waals surface area (Å²) >= 11 is 0. The molecule has 1 nitrogen and oxygen atoms in total. The molecule has 0 amide bonds. The molecule has 0 aliphatic heterocycles. The lowest BCUT2D eigenvalue weighted by atomic mass is 9.75. The summed E-state index contributed by atoms with van der Waals surface area (Å²) < 4.78 is 0. The molecule has 0 saturated heterocycles. The fraction of sp³-hybridized carbons (Fsp3) is 0.905. The van der Waals surface area contributed by atoms with Gasteiger partial charge in [0.2, 0.25) is 0 Å². The highest BCUT2D eigenvalue weighted by atomic mass is 15.0. The van der Waals surface area contributed by atoms with Gasteiger partial charge in [0, 0.05) is 12.1 Å². The van der Waals surface area contributed by atoms with Gasteiger partial charge >= 0.3 is 0 Å². The molecule has 128 valence electrons. The summed E-state index contributed by atoms with van der Waals surface area (Å²) in [4.78, 5) is 0. The molecule has 2 rings (SSSR count). The minimum atomic E-state index is 0.706. The summed E-state index contributed by atoms with van der Waals surface area (Å²) in [5, 5.41) is 4.09. The van der Waals surface area contributed by atoms with Crippen molar-refractivity contribution in [1.29, 1.82) is 0 Å². The maximum atomic E-state index is 4.09. The first-order valence-electron chi connectivity index (χ1n) is 9.88. The van der Waals surface area contributed by atoms with Gasteiger partial charge in [0.25, 0.3) is 0 Å². The van der Waals surface area contributed by atoms with Gasteiger partial charge in [0.1, 0.15) is 0 Å². The first-order valence-corrected chi connectivity index (χ1v) is 9.88. The Morgan fingerprint density at radius 3 is 2.05 bits per heavy atom. The molecule has 2 fully saturated rings. The van der Waals surface area contributed by atoms with E-state index in [1.165, 1.54) is 44.9 Å². The second-order valence-corrected chi connectivity index (χ2v) is 8.73. The summed E-state index contributed by atoms with van der Waals surface area (Å²) in [6, 6.07) is 1.48. The highest BCUT2D eigenvalue weighted by Crippen LogP contribution is 2.36. The van der Waals surface area contributed by atoms with E-state index in [9.17, 15) is 0 Å². The van der Waals surface area contributed by atoms with Gasteiger partial charge < -0.3 is 5.32 Å². The molecule has 0 aromatic carbocycles. The van der Waals surface area contributed by atoms with Crippen LogP contribution in [0.5, 0.6) is 0 Å². The Balaban J connectivity index is 2.09. The lowest BCUT2D eigenvalue weighted by molar-refractivity contribution is 0.215. The largest absolute Gasteiger partial charge is 0.310 e. The van der Waals surface area contributed by atoms with E-state index in [1.807, 2.05) is 0 Å². The van der Waals surface area contributed by atoms with Crippen LogP contribution in [-0.2, 0) is 0 Å². The molecular formula is C21H39N. The van der Waals surface area contributed by atoms with Gasteiger partial charge in [0.05, 0.1) is 0 Å². The standard InChI is InChI=1S/C21H39N/c1-14(2)21(15(3)4)18-12-11-17(6)20(13-18)22-19-10-8-7-9-16(19)5/h14-17,19-20,22H,7-13H2,1-6H3. The predicted octanol–water partition coefficient (Wildman–Crippen LogP) is 5.95. The van der Waals surface area contributed by atoms with E-state index in [4.69, 9.17) is 0 Å². The molecule has 22 heavy (non-hydrogen) atoms. The highest BCUT2D eigenvalue weighted by Gasteiger charge is 2.30. The maximum Gasteiger partial charge on any atom is 0.0133 e. The molecule has 0 aromatic heterocycles. The van der Waals surface area contributed by atoms with Crippen LogP contribution in [-0.4, -0.2) is 12.1 Å². The van der Waals surface area contributed by atoms with Crippen molar-refractivity contribution in [3.63, 3.8) is 0 Å². The van der Waals surface area contributed by atoms with Crippen LogP contribution in [0.15, 0.2) is 11.1 Å². The normalized spacial score (nSPS) is 33.5. The zero-order chi connectivity index (χ0) is 16.3. The Labute approximate surface area is 139 Å². The lowest BCUT2D eigenvalue weighted by Crippen LogP contribution is -2.47. The molecule has 1 N–H and O–H groups in total. The molecule has 0 aromatic rings. The fourth-order valence-corrected chi connectivity index (χ4v) is 4.98. The molecule has 0 heterocycles. The van der Waals surface area contributed by atoms with Crippen molar-refractivity contribution in [3.8, 4) is 0 Å². The van der Waals surface area contributed by atoms with Crippen molar-refractivity contribution < 1.29 is 0 Å². The van der Waals surface area contributed by atoms with Gasteiger partial charge in [0.15, 0.2) is 0 Å². The molecule has 0 spiro atoms. The first-order chi connectivity index (χ1) is 10.4. The Morgan fingerprint density at radius 1 is 0.864 bits per heavy atom. The number of nitrogens with one attached hydrogen (secondary N) is 1. The van der Waals surface area contributed by atoms with E-state index in [-0.39, 0.29) is 0 Å². The fourth-order valence-electron chi connectivity index (χ4n) is 4.98. The zero-order valence-corrected chi connectivity index (χ0v) is 15.9. The SMILES string of the molecule is CC(C)C(=C1CCC(C)C(NC2CCCCC2C)C1)C(C)C. The lowest BCUT2D eigenvalue weighted by Gasteiger charge is -2.39. The third kappa shape index (κ3) is 4.37. The third-order valence-corrected chi connectivity index (χ3v) is 6.25. The summed E-state index contributed by atoms with van der Waals surface area (Å²) in [6.45, 7) is 14.4. The molecular weight excluding hydrogens is 266 g/mol. The summed E-state index contributed by atoms with van der Waals surface area (Å²) in [5.41, 5.74) is 3.53. The minimum absolute atomic E-state index is 0.706. The predicted molar refractivity (Wildman–Crippen MR) is 98.1 cm³/mol. The Kier molecular flexibility index (Phi) is 6.56. The molecule has 2 aliphatic rings. The molecule has 2 saturated carbocycles. The summed E-state index contributed by atoms with van der Waals surface area (Å²) in [6.07, 6.45) is 9.69. The average molecular weight is 306 g/mol. The quantitative estimate of drug-likeness (QED) is 0.633. The Morgan fingerprint density at radius 2 is 1.45 bits per heavy atom. The molecule has 0 bridgehead atoms. The van der Waals surface area contributed by atoms with Gasteiger partial charge in [-0.25, -0.2) is 0 Å². The monoisotopic (exact) mass is 305 g/mol. The van der Waals surface area contributed by atoms with Crippen LogP contribution >= 0.6 is 0 Å². The van der Waals surface area contributed by atoms with Crippen molar-refractivity contribution in [2.45, 2.75) is 98.6 Å². The van der Waals surface area contributed by atoms with Crippen LogP contribution in [0.1, 0.15) is 86.5 Å². The van der Waals surface area contributed by atoms with E-state index in [0.717, 1.165) is 17.9 Å². The van der Waals surface area contributed by atoms with Gasteiger partial charge in [-0.1, -0.05) is 65.5 Å². The minimum Gasteiger partial charge on any atom is -0.310 e. The van der Waals surface area contributed by atoms with Crippen LogP contribution in [0.2, 0.25) is 0 Å². The van der Waals surface area contributed by atoms with Gasteiger partial charge in [-0.3, -0.25) is 0 Å². The van der Waals surface area contributed by atoms with E-state index >= 15 is 0 Å². The topological polar surface area (TPSA) is 12.0 Å². The van der Waals surface area contributed by atoms with Crippen molar-refractivity contribution in [3.05, 3.63) is 11.1 Å². The van der Waals surface area contributed by atoms with Crippen molar-refractivity contribution in [2.75, 3.05) is 0 Å². The first kappa shape index (κ1) is 18.0. The van der Waals surface area contributed by atoms with E-state index < -0.39 is 0 Å². The number of hydrogen-bond donors (Lipinski definition) is 1. The van der Waals surface area contributed by atoms with E-state index in [0.29, 0.717) is 17.9 Å². The third-order valence-electron chi connectivity index (χ3n) is 6.25. The van der Waals surface area contributed by atoms with Crippen molar-refractivity contribution in [2.24, 2.45) is 23.7 Å². The summed E-state index contributed by atoms with van der Waals surface area (Å²) in [5.74, 6) is 3.11. The Hall–Kier alpha value is -0.300. The molecule has 1 heteroatoms. The van der Waals surface area contributed by atoms with Crippen LogP contribution in [0, 0.1) is 23.7 Å². The maximum absolute atomic E-state index is 4.09. The number of hydrogen-bond acceptors (Lipinski definition) is 1. The van der Waals surface area contributed by atoms with Crippen LogP contribution in [0.25, 0.3) is 0 Å². The Bertz CT molecular complexity index is 369. The zero-order valence-electron chi connectivity index (χ0n) is 15.9. The van der Waals surface area contributed by atoms with Crippen LogP contribution in [0.4, 0.5) is 0 Å². The van der Waals surface area contributed by atoms with E-state index in [2.05, 4.69) is 46.9 Å². The second-order valence-electron chi connectivity index (χ2n) is 8.73. The molecule has 4 atom stereocenters. The summed E-state index contributed by atoms with van der Waals surface area (Å²) in [7, 11) is 0. The molecule has 4 unspecified atom stereocenters. The highest BCUT2D eigenvalue weighted by molar-refractivity contribution is 5.21. The van der Waals surface area contributed by atoms with Gasteiger partial charge in [-0.2, -0.15) is 0 Å². The average Bonchev–Trinajstić information content (AvgIpc) is 2.44. The molecule has 0 radical (unpaired) electrons.